The molecule has 1 atom stereocenters. The lowest BCUT2D eigenvalue weighted by Gasteiger charge is -2.19. The molecule has 0 bridgehead atoms. The second-order valence-corrected chi connectivity index (χ2v) is 5.11. The lowest BCUT2D eigenvalue weighted by Crippen LogP contribution is -2.37. The van der Waals surface area contributed by atoms with Crippen LogP contribution in [-0.4, -0.2) is 30.3 Å². The number of carbonyl (C=O) groups excluding carboxylic acids is 1. The number of amides is 1. The topological polar surface area (TPSA) is 58.6 Å². The van der Waals surface area contributed by atoms with Crippen LogP contribution >= 0.6 is 15.9 Å². The first-order valence-corrected chi connectivity index (χ1v) is 6.44. The highest BCUT2D eigenvalue weighted by Gasteiger charge is 2.18. The number of halogens is 1. The average Bonchev–Trinajstić information content (AvgIpc) is 2.37. The van der Waals surface area contributed by atoms with Crippen LogP contribution in [0.2, 0.25) is 0 Å². The average molecular weight is 312 g/mol. The van der Waals surface area contributed by atoms with Gasteiger partial charge >= 0.3 is 0 Å². The molecule has 0 aromatic heterocycles. The van der Waals surface area contributed by atoms with E-state index in [2.05, 4.69) is 21.2 Å². The number of hydrogen-bond acceptors (Lipinski definition) is 3. The number of carbonyl (C=O) groups is 1. The van der Waals surface area contributed by atoms with Crippen LogP contribution in [0.15, 0.2) is 28.2 Å². The van der Waals surface area contributed by atoms with Gasteiger partial charge in [-0.1, -0.05) is 15.9 Å². The Bertz CT molecular complexity index is 499. The van der Waals surface area contributed by atoms with E-state index in [9.17, 15) is 4.79 Å². The van der Waals surface area contributed by atoms with Gasteiger partial charge in [-0.3, -0.25) is 4.79 Å². The maximum absolute atomic E-state index is 11.9. The van der Waals surface area contributed by atoms with Crippen molar-refractivity contribution in [1.29, 1.82) is 0 Å². The van der Waals surface area contributed by atoms with Crippen LogP contribution in [0.25, 0.3) is 6.08 Å². The molecule has 0 spiro atoms. The Kier molecular flexibility index (Phi) is 4.04. The third-order valence-electron chi connectivity index (χ3n) is 2.63. The van der Waals surface area contributed by atoms with Crippen molar-refractivity contribution in [3.8, 4) is 5.75 Å². The number of rotatable bonds is 3. The Morgan fingerprint density at radius 1 is 1.61 bits per heavy atom. The third-order valence-corrected chi connectivity index (χ3v) is 3.12. The normalized spacial score (nSPS) is 15.2. The van der Waals surface area contributed by atoms with Crippen LogP contribution in [0.3, 0.4) is 0 Å². The van der Waals surface area contributed by atoms with E-state index in [1.807, 2.05) is 24.3 Å². The van der Waals surface area contributed by atoms with Gasteiger partial charge in [-0.15, -0.1) is 0 Å². The second-order valence-electron chi connectivity index (χ2n) is 4.20. The van der Waals surface area contributed by atoms with Gasteiger partial charge in [0.1, 0.15) is 12.4 Å². The second kappa shape index (κ2) is 5.54. The molecular weight excluding hydrogens is 298 g/mol. The van der Waals surface area contributed by atoms with Crippen LogP contribution in [0.4, 0.5) is 0 Å². The molecule has 0 radical (unpaired) electrons. The summed E-state index contributed by atoms with van der Waals surface area (Å²) in [7, 11) is 0. The van der Waals surface area contributed by atoms with Crippen molar-refractivity contribution in [2.24, 2.45) is 0 Å². The van der Waals surface area contributed by atoms with Crippen molar-refractivity contribution in [3.63, 3.8) is 0 Å². The van der Waals surface area contributed by atoms with Crippen molar-refractivity contribution in [2.75, 3.05) is 13.2 Å². The molecule has 1 aromatic rings. The fourth-order valence-electron chi connectivity index (χ4n) is 1.64. The first-order chi connectivity index (χ1) is 8.60. The molecular formula is C13H14BrNO3. The molecule has 1 aliphatic heterocycles. The lowest BCUT2D eigenvalue weighted by atomic mass is 10.1. The highest BCUT2D eigenvalue weighted by Crippen LogP contribution is 2.29. The minimum atomic E-state index is -0.262. The highest BCUT2D eigenvalue weighted by atomic mass is 79.9. The van der Waals surface area contributed by atoms with Crippen LogP contribution < -0.4 is 10.1 Å². The number of hydrogen-bond donors (Lipinski definition) is 2. The Morgan fingerprint density at radius 3 is 3.11 bits per heavy atom. The molecule has 2 N–H and O–H groups in total. The van der Waals surface area contributed by atoms with E-state index >= 15 is 0 Å². The summed E-state index contributed by atoms with van der Waals surface area (Å²) in [6, 6.07) is 5.39. The molecule has 0 aliphatic carbocycles. The Hall–Kier alpha value is -1.33. The minimum Gasteiger partial charge on any atom is -0.488 e. The molecule has 96 valence electrons. The molecule has 0 unspecified atom stereocenters. The first-order valence-electron chi connectivity index (χ1n) is 5.65. The van der Waals surface area contributed by atoms with Crippen LogP contribution in [0.1, 0.15) is 12.5 Å². The number of nitrogens with one attached hydrogen (secondary N) is 1. The zero-order valence-electron chi connectivity index (χ0n) is 9.94. The van der Waals surface area contributed by atoms with Gasteiger partial charge in [0.05, 0.1) is 12.2 Å². The summed E-state index contributed by atoms with van der Waals surface area (Å²) in [6.07, 6.45) is 1.81. The molecule has 1 aromatic carbocycles. The van der Waals surface area contributed by atoms with Gasteiger partial charge in [0, 0.05) is 16.1 Å². The van der Waals surface area contributed by atoms with Crippen LogP contribution in [-0.2, 0) is 4.79 Å². The fraction of sp³-hybridized carbons (Fsp3) is 0.308. The quantitative estimate of drug-likeness (QED) is 0.893. The maximum Gasteiger partial charge on any atom is 0.250 e. The summed E-state index contributed by atoms with van der Waals surface area (Å²) >= 11 is 3.38. The van der Waals surface area contributed by atoms with E-state index in [-0.39, 0.29) is 25.2 Å². The molecule has 0 fully saturated rings. The molecule has 1 amide bonds. The van der Waals surface area contributed by atoms with E-state index in [1.165, 1.54) is 0 Å². The molecule has 1 aliphatic rings. The van der Waals surface area contributed by atoms with E-state index < -0.39 is 0 Å². The van der Waals surface area contributed by atoms with Gasteiger partial charge in [0.15, 0.2) is 0 Å². The molecule has 0 saturated heterocycles. The van der Waals surface area contributed by atoms with Gasteiger partial charge in [0.2, 0.25) is 0 Å². The number of fused-ring (bicyclic) bond motifs is 1. The van der Waals surface area contributed by atoms with Crippen molar-refractivity contribution >= 4 is 27.9 Å². The van der Waals surface area contributed by atoms with Crippen LogP contribution in [0, 0.1) is 0 Å². The Balaban J connectivity index is 2.19. The molecule has 5 heteroatoms. The molecule has 18 heavy (non-hydrogen) atoms. The predicted octanol–water partition coefficient (Wildman–Crippen LogP) is 1.72. The van der Waals surface area contributed by atoms with Gasteiger partial charge < -0.3 is 15.2 Å². The highest BCUT2D eigenvalue weighted by molar-refractivity contribution is 9.10. The SMILES string of the molecule is C[C@@H](CO)NC(=O)C1=Cc2cc(Br)ccc2OC1. The summed E-state index contributed by atoms with van der Waals surface area (Å²) in [4.78, 5) is 11.9. The molecule has 1 heterocycles. The number of aliphatic hydroxyl groups excluding tert-OH is 1. The Labute approximate surface area is 114 Å². The van der Waals surface area contributed by atoms with E-state index in [0.29, 0.717) is 5.57 Å². The van der Waals surface area contributed by atoms with E-state index in [0.717, 1.165) is 15.8 Å². The van der Waals surface area contributed by atoms with Crippen molar-refractivity contribution in [3.05, 3.63) is 33.8 Å². The molecule has 2 rings (SSSR count). The molecule has 0 saturated carbocycles. The number of aliphatic hydroxyl groups is 1. The monoisotopic (exact) mass is 311 g/mol. The third kappa shape index (κ3) is 2.91. The van der Waals surface area contributed by atoms with Gasteiger partial charge in [-0.2, -0.15) is 0 Å². The lowest BCUT2D eigenvalue weighted by molar-refractivity contribution is -0.118. The standard InChI is InChI=1S/C13H14BrNO3/c1-8(6-16)15-13(17)10-4-9-5-11(14)2-3-12(9)18-7-10/h2-5,8,16H,6-7H2,1H3,(H,15,17)/t8-/m0/s1. The zero-order valence-corrected chi connectivity index (χ0v) is 11.5. The van der Waals surface area contributed by atoms with Crippen molar-refractivity contribution < 1.29 is 14.6 Å². The first kappa shape index (κ1) is 13.1. The van der Waals surface area contributed by atoms with Crippen molar-refractivity contribution in [2.45, 2.75) is 13.0 Å². The van der Waals surface area contributed by atoms with E-state index in [1.54, 1.807) is 6.92 Å². The smallest absolute Gasteiger partial charge is 0.250 e. The summed E-state index contributed by atoms with van der Waals surface area (Å²) in [5.41, 5.74) is 1.43. The zero-order chi connectivity index (χ0) is 13.1. The van der Waals surface area contributed by atoms with Crippen LogP contribution in [0.5, 0.6) is 5.75 Å². The maximum atomic E-state index is 11.9. The van der Waals surface area contributed by atoms with Gasteiger partial charge in [0.25, 0.3) is 5.91 Å². The minimum absolute atomic E-state index is 0.0813. The number of benzene rings is 1. The van der Waals surface area contributed by atoms with Gasteiger partial charge in [-0.25, -0.2) is 0 Å². The summed E-state index contributed by atoms with van der Waals surface area (Å²) < 4.78 is 6.45. The predicted molar refractivity (Wildman–Crippen MR) is 72.3 cm³/mol. The van der Waals surface area contributed by atoms with Gasteiger partial charge in [-0.05, 0) is 31.2 Å². The fourth-order valence-corrected chi connectivity index (χ4v) is 2.02. The Morgan fingerprint density at radius 2 is 2.39 bits per heavy atom. The van der Waals surface area contributed by atoms with E-state index in [4.69, 9.17) is 9.84 Å². The summed E-state index contributed by atoms with van der Waals surface area (Å²) in [5, 5.41) is 11.6. The largest absolute Gasteiger partial charge is 0.488 e. The number of ether oxygens (including phenoxy) is 1. The summed E-state index contributed by atoms with van der Waals surface area (Å²) in [6.45, 7) is 1.91. The summed E-state index contributed by atoms with van der Waals surface area (Å²) in [5.74, 6) is 0.562. The molecule has 4 nitrogen and oxygen atoms in total. The van der Waals surface area contributed by atoms with Crippen molar-refractivity contribution in [1.82, 2.24) is 5.32 Å².